The maximum atomic E-state index is 12.4. The van der Waals surface area contributed by atoms with Crippen molar-refractivity contribution >= 4 is 17.4 Å². The number of fused-ring (bicyclic) bond motifs is 1. The van der Waals surface area contributed by atoms with Crippen LogP contribution in [0.15, 0.2) is 11.4 Å². The van der Waals surface area contributed by atoms with E-state index in [2.05, 4.69) is 30.6 Å². The second-order valence-corrected chi connectivity index (χ2v) is 7.82. The fraction of sp³-hybridized carbons (Fsp3) is 0.722. The van der Waals surface area contributed by atoms with Crippen molar-refractivity contribution in [2.75, 3.05) is 19.7 Å². The number of carbonyl (C=O) groups excluding carboxylic acids is 1. The molecule has 1 N–H and O–H groups in total. The average Bonchev–Trinajstić information content (AvgIpc) is 3.03. The van der Waals surface area contributed by atoms with Gasteiger partial charge in [-0.2, -0.15) is 0 Å². The van der Waals surface area contributed by atoms with Gasteiger partial charge in [0.25, 0.3) is 0 Å². The van der Waals surface area contributed by atoms with Crippen LogP contribution in [0.1, 0.15) is 56.0 Å². The summed E-state index contributed by atoms with van der Waals surface area (Å²) in [5.74, 6) is 0.651. The highest BCUT2D eigenvalue weighted by molar-refractivity contribution is 7.10. The first-order chi connectivity index (χ1) is 11.2. The summed E-state index contributed by atoms with van der Waals surface area (Å²) >= 11 is 1.80. The van der Waals surface area contributed by atoms with Crippen LogP contribution in [-0.2, 0) is 11.2 Å². The van der Waals surface area contributed by atoms with Gasteiger partial charge in [0.2, 0.25) is 0 Å². The molecule has 1 fully saturated rings. The van der Waals surface area contributed by atoms with Gasteiger partial charge in [-0.05, 0) is 49.1 Å². The normalized spacial score (nSPS) is 27.6. The number of thiophene rings is 1. The molecule has 2 heterocycles. The highest BCUT2D eigenvalue weighted by atomic mass is 32.1. The fourth-order valence-corrected chi connectivity index (χ4v) is 4.75. The zero-order valence-electron chi connectivity index (χ0n) is 14.2. The fourth-order valence-electron chi connectivity index (χ4n) is 3.79. The molecule has 3 atom stereocenters. The van der Waals surface area contributed by atoms with Crippen LogP contribution in [0.4, 0.5) is 4.79 Å². The van der Waals surface area contributed by atoms with E-state index in [-0.39, 0.29) is 12.1 Å². The molecule has 0 spiro atoms. The molecule has 1 aromatic heterocycles. The maximum Gasteiger partial charge on any atom is 0.317 e. The predicted octanol–water partition coefficient (Wildman–Crippen LogP) is 3.97. The van der Waals surface area contributed by atoms with Gasteiger partial charge < -0.3 is 15.0 Å². The molecule has 0 aromatic carbocycles. The number of nitrogens with one attached hydrogen (secondary N) is 1. The quantitative estimate of drug-likeness (QED) is 0.845. The van der Waals surface area contributed by atoms with Gasteiger partial charge in [0.05, 0.1) is 18.8 Å². The van der Waals surface area contributed by atoms with Gasteiger partial charge in [-0.3, -0.25) is 0 Å². The van der Waals surface area contributed by atoms with Gasteiger partial charge in [-0.15, -0.1) is 11.3 Å². The summed E-state index contributed by atoms with van der Waals surface area (Å²) in [4.78, 5) is 15.8. The Hall–Kier alpha value is -1.07. The van der Waals surface area contributed by atoms with Gasteiger partial charge in [-0.25, -0.2) is 4.79 Å². The standard InChI is InChI=1S/C18H28N2O2S/c1-13-5-3-4-6-16(13)22-11-9-19-18(21)20-10-7-17-15(14(20)2)8-12-23-17/h8,12-14,16H,3-7,9-11H2,1-2H3,(H,19,21)/t13-,14-,16-/m1/s1. The molecule has 1 aromatic rings. The van der Waals surface area contributed by atoms with E-state index in [9.17, 15) is 4.79 Å². The molecule has 5 heteroatoms. The zero-order valence-corrected chi connectivity index (χ0v) is 15.0. The van der Waals surface area contributed by atoms with Crippen LogP contribution in [-0.4, -0.2) is 36.7 Å². The summed E-state index contributed by atoms with van der Waals surface area (Å²) in [6.07, 6.45) is 6.39. The molecule has 0 bridgehead atoms. The van der Waals surface area contributed by atoms with E-state index in [4.69, 9.17) is 4.74 Å². The van der Waals surface area contributed by atoms with Crippen LogP contribution >= 0.6 is 11.3 Å². The Kier molecular flexibility index (Phi) is 5.59. The molecule has 2 amide bonds. The molecule has 1 aliphatic heterocycles. The van der Waals surface area contributed by atoms with Crippen molar-refractivity contribution < 1.29 is 9.53 Å². The molecule has 23 heavy (non-hydrogen) atoms. The van der Waals surface area contributed by atoms with E-state index in [0.717, 1.165) is 13.0 Å². The number of carbonyl (C=O) groups is 1. The van der Waals surface area contributed by atoms with Gasteiger partial charge in [0.1, 0.15) is 0 Å². The highest BCUT2D eigenvalue weighted by Crippen LogP contribution is 2.32. The minimum atomic E-state index is 0.0367. The second-order valence-electron chi connectivity index (χ2n) is 6.82. The molecule has 4 nitrogen and oxygen atoms in total. The number of ether oxygens (including phenoxy) is 1. The lowest BCUT2D eigenvalue weighted by Gasteiger charge is -2.34. The third-order valence-electron chi connectivity index (χ3n) is 5.28. The van der Waals surface area contributed by atoms with Crippen LogP contribution in [0.3, 0.4) is 0 Å². The lowest BCUT2D eigenvalue weighted by molar-refractivity contribution is -0.00282. The number of hydrogen-bond donors (Lipinski definition) is 1. The summed E-state index contributed by atoms with van der Waals surface area (Å²) in [7, 11) is 0. The number of amides is 2. The first-order valence-corrected chi connectivity index (χ1v) is 9.77. The molecule has 2 aliphatic rings. The van der Waals surface area contributed by atoms with Crippen LogP contribution in [0.2, 0.25) is 0 Å². The lowest BCUT2D eigenvalue weighted by atomic mass is 9.88. The summed E-state index contributed by atoms with van der Waals surface area (Å²) in [6, 6.07) is 2.36. The Morgan fingerprint density at radius 2 is 2.22 bits per heavy atom. The largest absolute Gasteiger partial charge is 0.376 e. The van der Waals surface area contributed by atoms with Crippen LogP contribution in [0.25, 0.3) is 0 Å². The average molecular weight is 337 g/mol. The number of nitrogens with zero attached hydrogens (tertiary/aromatic N) is 1. The summed E-state index contributed by atoms with van der Waals surface area (Å²) < 4.78 is 5.97. The Morgan fingerprint density at radius 1 is 1.39 bits per heavy atom. The minimum absolute atomic E-state index is 0.0367. The van der Waals surface area contributed by atoms with Crippen molar-refractivity contribution in [1.82, 2.24) is 10.2 Å². The number of urea groups is 1. The third-order valence-corrected chi connectivity index (χ3v) is 6.28. The molecule has 128 valence electrons. The van der Waals surface area contributed by atoms with Crippen molar-refractivity contribution in [2.24, 2.45) is 5.92 Å². The summed E-state index contributed by atoms with van der Waals surface area (Å²) in [5.41, 5.74) is 1.31. The van der Waals surface area contributed by atoms with Gasteiger partial charge in [0, 0.05) is 18.0 Å². The molecule has 0 unspecified atom stereocenters. The topological polar surface area (TPSA) is 41.6 Å². The van der Waals surface area contributed by atoms with Crippen molar-refractivity contribution in [3.63, 3.8) is 0 Å². The SMILES string of the molecule is C[C@@H]1CCCC[C@H]1OCCNC(=O)N1CCc2sccc2[C@H]1C. The first kappa shape index (κ1) is 16.8. The molecule has 1 aliphatic carbocycles. The Labute approximate surface area is 143 Å². The van der Waals surface area contributed by atoms with Crippen molar-refractivity contribution in [1.29, 1.82) is 0 Å². The van der Waals surface area contributed by atoms with E-state index in [1.807, 2.05) is 4.90 Å². The second kappa shape index (κ2) is 7.67. The molecule has 3 rings (SSSR count). The molecular weight excluding hydrogens is 308 g/mol. The summed E-state index contributed by atoms with van der Waals surface area (Å²) in [6.45, 7) is 6.41. The monoisotopic (exact) mass is 336 g/mol. The minimum Gasteiger partial charge on any atom is -0.376 e. The van der Waals surface area contributed by atoms with E-state index < -0.39 is 0 Å². The van der Waals surface area contributed by atoms with Crippen molar-refractivity contribution in [3.8, 4) is 0 Å². The van der Waals surface area contributed by atoms with Gasteiger partial charge in [-0.1, -0.05) is 19.8 Å². The zero-order chi connectivity index (χ0) is 16.2. The Morgan fingerprint density at radius 3 is 3.04 bits per heavy atom. The molecule has 0 saturated heterocycles. The number of rotatable bonds is 4. The van der Waals surface area contributed by atoms with Crippen molar-refractivity contribution in [3.05, 3.63) is 21.9 Å². The molecule has 1 saturated carbocycles. The van der Waals surface area contributed by atoms with Crippen LogP contribution < -0.4 is 5.32 Å². The van der Waals surface area contributed by atoms with Crippen LogP contribution in [0, 0.1) is 5.92 Å². The lowest BCUT2D eigenvalue weighted by Crippen LogP contribution is -2.45. The number of hydrogen-bond acceptors (Lipinski definition) is 3. The molecular formula is C18H28N2O2S. The van der Waals surface area contributed by atoms with E-state index >= 15 is 0 Å². The Balaban J connectivity index is 1.41. The maximum absolute atomic E-state index is 12.4. The van der Waals surface area contributed by atoms with Crippen molar-refractivity contribution in [2.45, 2.75) is 58.1 Å². The molecule has 0 radical (unpaired) electrons. The first-order valence-electron chi connectivity index (χ1n) is 8.89. The van der Waals surface area contributed by atoms with Gasteiger partial charge >= 0.3 is 6.03 Å². The smallest absolute Gasteiger partial charge is 0.317 e. The predicted molar refractivity (Wildman–Crippen MR) is 93.9 cm³/mol. The summed E-state index contributed by atoms with van der Waals surface area (Å²) in [5, 5.41) is 5.15. The van der Waals surface area contributed by atoms with Crippen LogP contribution in [0.5, 0.6) is 0 Å². The Bertz CT molecular complexity index is 531. The van der Waals surface area contributed by atoms with E-state index in [0.29, 0.717) is 25.2 Å². The highest BCUT2D eigenvalue weighted by Gasteiger charge is 2.28. The van der Waals surface area contributed by atoms with E-state index in [1.165, 1.54) is 36.1 Å². The van der Waals surface area contributed by atoms with E-state index in [1.54, 1.807) is 11.3 Å². The third kappa shape index (κ3) is 3.89. The van der Waals surface area contributed by atoms with Gasteiger partial charge in [0.15, 0.2) is 0 Å².